The average molecular weight is 264 g/mol. The molecule has 0 saturated heterocycles. The van der Waals surface area contributed by atoms with Crippen LogP contribution in [0.15, 0.2) is 24.3 Å². The van der Waals surface area contributed by atoms with Gasteiger partial charge in [0.1, 0.15) is 12.4 Å². The summed E-state index contributed by atoms with van der Waals surface area (Å²) in [5.41, 5.74) is 5.99. The standard InChI is InChI=1S/C15H24N2O2/c1-17(12-15(18)8-4-5-9-15)10-11-19-14-7-3-2-6-13(14)16/h2-3,6-7,18H,4-5,8-12,16H2,1H3. The van der Waals surface area contributed by atoms with E-state index in [9.17, 15) is 5.11 Å². The summed E-state index contributed by atoms with van der Waals surface area (Å²) in [6, 6.07) is 7.51. The van der Waals surface area contributed by atoms with Crippen LogP contribution in [0.1, 0.15) is 25.7 Å². The topological polar surface area (TPSA) is 58.7 Å². The third-order valence-electron chi connectivity index (χ3n) is 3.75. The SMILES string of the molecule is CN(CCOc1ccccc1N)CC1(O)CCCC1. The van der Waals surface area contributed by atoms with Crippen molar-refractivity contribution in [2.45, 2.75) is 31.3 Å². The maximum atomic E-state index is 10.3. The lowest BCUT2D eigenvalue weighted by Crippen LogP contribution is -2.40. The van der Waals surface area contributed by atoms with Gasteiger partial charge in [-0.3, -0.25) is 0 Å². The number of likely N-dealkylation sites (N-methyl/N-ethyl adjacent to an activating group) is 1. The Hall–Kier alpha value is -1.26. The van der Waals surface area contributed by atoms with Gasteiger partial charge in [0.15, 0.2) is 0 Å². The van der Waals surface area contributed by atoms with Crippen LogP contribution in [0.25, 0.3) is 0 Å². The molecule has 0 bridgehead atoms. The Morgan fingerprint density at radius 3 is 2.68 bits per heavy atom. The Morgan fingerprint density at radius 2 is 2.00 bits per heavy atom. The van der Waals surface area contributed by atoms with Crippen molar-refractivity contribution in [3.8, 4) is 5.75 Å². The van der Waals surface area contributed by atoms with E-state index in [0.29, 0.717) is 12.3 Å². The molecule has 3 N–H and O–H groups in total. The van der Waals surface area contributed by atoms with Gasteiger partial charge >= 0.3 is 0 Å². The van der Waals surface area contributed by atoms with Crippen LogP contribution >= 0.6 is 0 Å². The number of nitrogens with zero attached hydrogens (tertiary/aromatic N) is 1. The first-order chi connectivity index (χ1) is 9.09. The number of hydrogen-bond acceptors (Lipinski definition) is 4. The number of para-hydroxylation sites is 2. The minimum absolute atomic E-state index is 0.486. The number of ether oxygens (including phenoxy) is 1. The zero-order valence-corrected chi connectivity index (χ0v) is 11.6. The molecule has 1 aliphatic rings. The second-order valence-electron chi connectivity index (χ2n) is 5.56. The van der Waals surface area contributed by atoms with Crippen LogP contribution in [0.4, 0.5) is 5.69 Å². The number of anilines is 1. The van der Waals surface area contributed by atoms with Crippen LogP contribution in [0, 0.1) is 0 Å². The van der Waals surface area contributed by atoms with Crippen molar-refractivity contribution in [3.63, 3.8) is 0 Å². The third-order valence-corrected chi connectivity index (χ3v) is 3.75. The van der Waals surface area contributed by atoms with E-state index in [1.807, 2.05) is 31.3 Å². The molecule has 1 saturated carbocycles. The minimum atomic E-state index is -0.486. The molecule has 0 spiro atoms. The summed E-state index contributed by atoms with van der Waals surface area (Å²) >= 11 is 0. The predicted molar refractivity (Wildman–Crippen MR) is 77.3 cm³/mol. The van der Waals surface area contributed by atoms with Crippen LogP contribution in [0.3, 0.4) is 0 Å². The molecule has 0 aromatic heterocycles. The maximum absolute atomic E-state index is 10.3. The van der Waals surface area contributed by atoms with Gasteiger partial charge in [-0.2, -0.15) is 0 Å². The third kappa shape index (κ3) is 4.11. The molecule has 1 fully saturated rings. The van der Waals surface area contributed by atoms with E-state index in [2.05, 4.69) is 4.90 Å². The Kier molecular flexibility index (Phi) is 4.66. The summed E-state index contributed by atoms with van der Waals surface area (Å²) in [5, 5.41) is 10.3. The molecule has 106 valence electrons. The van der Waals surface area contributed by atoms with Gasteiger partial charge in [0.05, 0.1) is 11.3 Å². The zero-order valence-electron chi connectivity index (χ0n) is 11.6. The van der Waals surface area contributed by atoms with E-state index in [-0.39, 0.29) is 0 Å². The summed E-state index contributed by atoms with van der Waals surface area (Å²) in [6.07, 6.45) is 4.12. The van der Waals surface area contributed by atoms with Crippen molar-refractivity contribution in [2.24, 2.45) is 0 Å². The molecule has 1 aromatic carbocycles. The largest absolute Gasteiger partial charge is 0.490 e. The molecule has 1 aromatic rings. The Labute approximate surface area is 115 Å². The van der Waals surface area contributed by atoms with E-state index in [0.717, 1.165) is 44.5 Å². The Bertz CT molecular complexity index is 403. The van der Waals surface area contributed by atoms with Crippen molar-refractivity contribution in [1.82, 2.24) is 4.90 Å². The number of rotatable bonds is 6. The normalized spacial score (nSPS) is 17.8. The fourth-order valence-electron chi connectivity index (χ4n) is 2.70. The zero-order chi connectivity index (χ0) is 13.7. The molecule has 0 aliphatic heterocycles. The van der Waals surface area contributed by atoms with Gasteiger partial charge in [-0.05, 0) is 32.0 Å². The van der Waals surface area contributed by atoms with Crippen molar-refractivity contribution in [3.05, 3.63) is 24.3 Å². The molecule has 0 radical (unpaired) electrons. The van der Waals surface area contributed by atoms with Gasteiger partial charge in [-0.15, -0.1) is 0 Å². The summed E-state index contributed by atoms with van der Waals surface area (Å²) in [5.74, 6) is 0.732. The maximum Gasteiger partial charge on any atom is 0.142 e. The van der Waals surface area contributed by atoms with E-state index in [4.69, 9.17) is 10.5 Å². The predicted octanol–water partition coefficient (Wildman–Crippen LogP) is 1.88. The summed E-state index contributed by atoms with van der Waals surface area (Å²) in [7, 11) is 2.02. The van der Waals surface area contributed by atoms with Crippen molar-refractivity contribution in [2.75, 3.05) is 32.5 Å². The van der Waals surface area contributed by atoms with Crippen molar-refractivity contribution in [1.29, 1.82) is 0 Å². The monoisotopic (exact) mass is 264 g/mol. The molecule has 1 aliphatic carbocycles. The molecule has 0 atom stereocenters. The number of nitrogen functional groups attached to an aromatic ring is 1. The van der Waals surface area contributed by atoms with E-state index in [1.165, 1.54) is 0 Å². The second-order valence-corrected chi connectivity index (χ2v) is 5.56. The van der Waals surface area contributed by atoms with Crippen molar-refractivity contribution >= 4 is 5.69 Å². The van der Waals surface area contributed by atoms with Gasteiger partial charge in [0.25, 0.3) is 0 Å². The highest BCUT2D eigenvalue weighted by Crippen LogP contribution is 2.29. The first-order valence-corrected chi connectivity index (χ1v) is 6.97. The second kappa shape index (κ2) is 6.26. The van der Waals surface area contributed by atoms with E-state index < -0.39 is 5.60 Å². The molecule has 19 heavy (non-hydrogen) atoms. The molecule has 4 nitrogen and oxygen atoms in total. The fourth-order valence-corrected chi connectivity index (χ4v) is 2.70. The lowest BCUT2D eigenvalue weighted by atomic mass is 10.0. The van der Waals surface area contributed by atoms with Gasteiger partial charge < -0.3 is 20.5 Å². The summed E-state index contributed by atoms with van der Waals surface area (Å²) in [6.45, 7) is 2.10. The van der Waals surface area contributed by atoms with Crippen molar-refractivity contribution < 1.29 is 9.84 Å². The molecular formula is C15H24N2O2. The summed E-state index contributed by atoms with van der Waals surface area (Å²) < 4.78 is 5.66. The molecule has 0 unspecified atom stereocenters. The van der Waals surface area contributed by atoms with Gasteiger partial charge in [0, 0.05) is 13.1 Å². The quantitative estimate of drug-likeness (QED) is 0.770. The number of benzene rings is 1. The molecular weight excluding hydrogens is 240 g/mol. The van der Waals surface area contributed by atoms with E-state index >= 15 is 0 Å². The molecule has 4 heteroatoms. The molecule has 0 heterocycles. The Balaban J connectivity index is 1.72. The smallest absolute Gasteiger partial charge is 0.142 e. The average Bonchev–Trinajstić information content (AvgIpc) is 2.78. The van der Waals surface area contributed by atoms with Gasteiger partial charge in [-0.1, -0.05) is 25.0 Å². The number of aliphatic hydroxyl groups is 1. The lowest BCUT2D eigenvalue weighted by molar-refractivity contribution is 0.0139. The highest BCUT2D eigenvalue weighted by Gasteiger charge is 2.31. The minimum Gasteiger partial charge on any atom is -0.490 e. The van der Waals surface area contributed by atoms with Crippen LogP contribution in [-0.4, -0.2) is 42.4 Å². The Morgan fingerprint density at radius 1 is 1.32 bits per heavy atom. The van der Waals surface area contributed by atoms with Crippen LogP contribution in [0.5, 0.6) is 5.75 Å². The molecule has 2 rings (SSSR count). The fraction of sp³-hybridized carbons (Fsp3) is 0.600. The lowest BCUT2D eigenvalue weighted by Gasteiger charge is -2.28. The van der Waals surface area contributed by atoms with E-state index in [1.54, 1.807) is 0 Å². The molecule has 0 amide bonds. The number of nitrogens with two attached hydrogens (primary N) is 1. The van der Waals surface area contributed by atoms with Crippen LogP contribution < -0.4 is 10.5 Å². The van der Waals surface area contributed by atoms with Gasteiger partial charge in [0.2, 0.25) is 0 Å². The number of hydrogen-bond donors (Lipinski definition) is 2. The first kappa shape index (κ1) is 14.2. The van der Waals surface area contributed by atoms with Crippen LogP contribution in [-0.2, 0) is 0 Å². The highest BCUT2D eigenvalue weighted by molar-refractivity contribution is 5.51. The summed E-state index contributed by atoms with van der Waals surface area (Å²) in [4.78, 5) is 2.13. The first-order valence-electron chi connectivity index (χ1n) is 6.97. The van der Waals surface area contributed by atoms with Gasteiger partial charge in [-0.25, -0.2) is 0 Å². The highest BCUT2D eigenvalue weighted by atomic mass is 16.5. The van der Waals surface area contributed by atoms with Crippen LogP contribution in [0.2, 0.25) is 0 Å².